The van der Waals surface area contributed by atoms with Gasteiger partial charge in [0, 0.05) is 11.1 Å². The van der Waals surface area contributed by atoms with Gasteiger partial charge in [-0.3, -0.25) is 9.69 Å². The predicted molar refractivity (Wildman–Crippen MR) is 56.2 cm³/mol. The van der Waals surface area contributed by atoms with E-state index in [2.05, 4.69) is 15.9 Å². The number of carboxylic acid groups (broad SMARTS) is 1. The van der Waals surface area contributed by atoms with E-state index < -0.39 is 5.97 Å². The lowest BCUT2D eigenvalue weighted by atomic mass is 10.1. The summed E-state index contributed by atoms with van der Waals surface area (Å²) in [5.41, 5.74) is 0.966. The lowest BCUT2D eigenvalue weighted by molar-refractivity contribution is -0.146. The highest BCUT2D eigenvalue weighted by molar-refractivity contribution is 9.09. The van der Waals surface area contributed by atoms with Gasteiger partial charge in [-0.15, -0.1) is 11.8 Å². The second-order valence-corrected chi connectivity index (χ2v) is 4.85. The summed E-state index contributed by atoms with van der Waals surface area (Å²) in [4.78, 5) is 23.6. The highest BCUT2D eigenvalue weighted by atomic mass is 79.9. The Hall–Kier alpha value is -0.490. The molecule has 1 atom stereocenters. The molecule has 4 nitrogen and oxygen atoms in total. The van der Waals surface area contributed by atoms with Crippen LogP contribution in [0.1, 0.15) is 6.42 Å². The average Bonchev–Trinajstić information content (AvgIpc) is 2.15. The molecule has 2 rings (SSSR count). The quantitative estimate of drug-likeness (QED) is 0.605. The van der Waals surface area contributed by atoms with Crippen LogP contribution in [0, 0.1) is 0 Å². The van der Waals surface area contributed by atoms with Gasteiger partial charge >= 0.3 is 5.97 Å². The Kier molecular flexibility index (Phi) is 2.57. The maximum absolute atomic E-state index is 11.2. The number of rotatable bonds is 2. The number of hydrogen-bond donors (Lipinski definition) is 1. The number of carboxylic acids is 1. The van der Waals surface area contributed by atoms with Gasteiger partial charge in [-0.1, -0.05) is 15.9 Å². The van der Waals surface area contributed by atoms with Gasteiger partial charge in [0.25, 0.3) is 0 Å². The van der Waals surface area contributed by atoms with Gasteiger partial charge in [0.2, 0.25) is 5.91 Å². The zero-order valence-corrected chi connectivity index (χ0v) is 9.60. The molecule has 1 fully saturated rings. The van der Waals surface area contributed by atoms with Crippen molar-refractivity contribution in [1.29, 1.82) is 0 Å². The molecule has 2 heterocycles. The Bertz CT molecular complexity index is 341. The number of carbonyl (C=O) groups excluding carboxylic acids is 1. The number of β-lactam (4-membered cyclic amide) rings is 1. The van der Waals surface area contributed by atoms with E-state index in [1.54, 1.807) is 11.8 Å². The maximum atomic E-state index is 11.2. The molecule has 0 aromatic carbocycles. The largest absolute Gasteiger partial charge is 0.477 e. The second-order valence-electron chi connectivity index (χ2n) is 3.12. The third-order valence-electron chi connectivity index (χ3n) is 2.30. The molecule has 1 N–H and O–H groups in total. The summed E-state index contributed by atoms with van der Waals surface area (Å²) in [6, 6.07) is 0. The first-order valence-electron chi connectivity index (χ1n) is 4.10. The standard InChI is InChI=1S/C8H8BrNO3S/c9-2-4-3-14-6-1-5(11)10(6)7(4)8(12)13/h6H,1-3H2,(H,12,13). The van der Waals surface area contributed by atoms with Crippen LogP contribution in [-0.4, -0.2) is 38.3 Å². The third kappa shape index (κ3) is 1.37. The minimum absolute atomic E-state index is 0.0522. The molecular formula is C8H8BrNO3S. The molecule has 0 radical (unpaired) electrons. The van der Waals surface area contributed by atoms with Crippen LogP contribution in [0.2, 0.25) is 0 Å². The molecule has 1 saturated heterocycles. The topological polar surface area (TPSA) is 57.6 Å². The summed E-state index contributed by atoms with van der Waals surface area (Å²) < 4.78 is 0. The second kappa shape index (κ2) is 3.58. The SMILES string of the molecule is O=C(O)C1=C(CBr)CSC2CC(=O)N12. The van der Waals surface area contributed by atoms with Gasteiger partial charge in [-0.2, -0.15) is 0 Å². The number of amides is 1. The summed E-state index contributed by atoms with van der Waals surface area (Å²) in [6.45, 7) is 0. The predicted octanol–water partition coefficient (Wildman–Crippen LogP) is 1.03. The van der Waals surface area contributed by atoms with Crippen molar-refractivity contribution >= 4 is 39.6 Å². The van der Waals surface area contributed by atoms with Crippen LogP contribution in [0.25, 0.3) is 0 Å². The molecule has 0 aromatic rings. The van der Waals surface area contributed by atoms with Crippen LogP contribution in [0.3, 0.4) is 0 Å². The number of halogens is 1. The van der Waals surface area contributed by atoms with Crippen molar-refractivity contribution < 1.29 is 14.7 Å². The van der Waals surface area contributed by atoms with Gasteiger partial charge < -0.3 is 5.11 Å². The Morgan fingerprint density at radius 3 is 2.93 bits per heavy atom. The van der Waals surface area contributed by atoms with Gasteiger partial charge in [-0.05, 0) is 5.57 Å². The molecular weight excluding hydrogens is 270 g/mol. The fourth-order valence-corrected chi connectivity index (χ4v) is 3.57. The molecule has 0 bridgehead atoms. The molecule has 1 unspecified atom stereocenters. The summed E-state index contributed by atoms with van der Waals surface area (Å²) in [7, 11) is 0. The minimum atomic E-state index is -1.00. The molecule has 2 aliphatic heterocycles. The average molecular weight is 278 g/mol. The maximum Gasteiger partial charge on any atom is 0.352 e. The van der Waals surface area contributed by atoms with E-state index in [1.807, 2.05) is 0 Å². The number of alkyl halides is 1. The van der Waals surface area contributed by atoms with Crippen LogP contribution in [0.15, 0.2) is 11.3 Å². The summed E-state index contributed by atoms with van der Waals surface area (Å²) in [5.74, 6) is -0.391. The summed E-state index contributed by atoms with van der Waals surface area (Å²) in [5, 5.41) is 9.56. The normalized spacial score (nSPS) is 25.9. The first-order valence-corrected chi connectivity index (χ1v) is 6.27. The molecule has 0 aliphatic carbocycles. The lowest BCUT2D eigenvalue weighted by Crippen LogP contribution is -2.54. The number of fused-ring (bicyclic) bond motifs is 1. The number of aliphatic carboxylic acids is 1. The fourth-order valence-electron chi connectivity index (χ4n) is 1.58. The first kappa shape index (κ1) is 10.0. The molecule has 0 aromatic heterocycles. The molecule has 1 amide bonds. The fraction of sp³-hybridized carbons (Fsp3) is 0.500. The van der Waals surface area contributed by atoms with E-state index in [0.29, 0.717) is 17.5 Å². The van der Waals surface area contributed by atoms with Crippen molar-refractivity contribution in [2.45, 2.75) is 11.8 Å². The summed E-state index contributed by atoms with van der Waals surface area (Å²) in [6.07, 6.45) is 0.469. The van der Waals surface area contributed by atoms with Gasteiger partial charge in [0.15, 0.2) is 0 Å². The highest BCUT2D eigenvalue weighted by Gasteiger charge is 2.44. The monoisotopic (exact) mass is 277 g/mol. The van der Waals surface area contributed by atoms with Crippen LogP contribution in [-0.2, 0) is 9.59 Å². The highest BCUT2D eigenvalue weighted by Crippen LogP contribution is 2.40. The molecule has 76 valence electrons. The summed E-state index contributed by atoms with van der Waals surface area (Å²) >= 11 is 4.86. The van der Waals surface area contributed by atoms with E-state index in [-0.39, 0.29) is 17.0 Å². The van der Waals surface area contributed by atoms with E-state index in [9.17, 15) is 9.59 Å². The van der Waals surface area contributed by atoms with Crippen molar-refractivity contribution in [3.8, 4) is 0 Å². The van der Waals surface area contributed by atoms with Gasteiger partial charge in [-0.25, -0.2) is 4.79 Å². The zero-order chi connectivity index (χ0) is 10.3. The van der Waals surface area contributed by atoms with Crippen molar-refractivity contribution in [2.75, 3.05) is 11.1 Å². The van der Waals surface area contributed by atoms with Crippen molar-refractivity contribution in [1.82, 2.24) is 4.90 Å². The van der Waals surface area contributed by atoms with Gasteiger partial charge in [0.05, 0.1) is 11.8 Å². The molecule has 6 heteroatoms. The van der Waals surface area contributed by atoms with Crippen molar-refractivity contribution in [3.05, 3.63) is 11.3 Å². The van der Waals surface area contributed by atoms with E-state index in [4.69, 9.17) is 5.11 Å². The Morgan fingerprint density at radius 2 is 2.43 bits per heavy atom. The Labute approximate surface area is 93.5 Å². The molecule has 14 heavy (non-hydrogen) atoms. The smallest absolute Gasteiger partial charge is 0.352 e. The number of thioether (sulfide) groups is 1. The molecule has 0 spiro atoms. The van der Waals surface area contributed by atoms with Crippen LogP contribution >= 0.6 is 27.7 Å². The van der Waals surface area contributed by atoms with Crippen LogP contribution < -0.4 is 0 Å². The van der Waals surface area contributed by atoms with Crippen molar-refractivity contribution in [2.24, 2.45) is 0 Å². The number of carbonyl (C=O) groups is 2. The van der Waals surface area contributed by atoms with E-state index >= 15 is 0 Å². The lowest BCUT2D eigenvalue weighted by Gasteiger charge is -2.43. The Balaban J connectivity index is 2.37. The zero-order valence-electron chi connectivity index (χ0n) is 7.20. The van der Waals surface area contributed by atoms with Crippen molar-refractivity contribution in [3.63, 3.8) is 0 Å². The number of nitrogens with zero attached hydrogens (tertiary/aromatic N) is 1. The molecule has 2 aliphatic rings. The number of hydrogen-bond acceptors (Lipinski definition) is 3. The van der Waals surface area contributed by atoms with Crippen LogP contribution in [0.5, 0.6) is 0 Å². The van der Waals surface area contributed by atoms with E-state index in [0.717, 1.165) is 5.57 Å². The van der Waals surface area contributed by atoms with E-state index in [1.165, 1.54) is 4.90 Å². The van der Waals surface area contributed by atoms with Crippen LogP contribution in [0.4, 0.5) is 0 Å². The van der Waals surface area contributed by atoms with Gasteiger partial charge in [0.1, 0.15) is 5.70 Å². The first-order chi connectivity index (χ1) is 6.65. The third-order valence-corrected chi connectivity index (χ3v) is 4.25. The molecule has 0 saturated carbocycles. The Morgan fingerprint density at radius 1 is 1.71 bits per heavy atom. The minimum Gasteiger partial charge on any atom is -0.477 e.